The number of primary amides is 1. The SMILES string of the molecule is COc1ccc(C(C(=O)NCC2CCCO2)N(C(=O)c2snc(C(N)=O)c2N)c2ccc(OC)cc2)cc1. The second-order valence-electron chi connectivity index (χ2n) is 8.57. The summed E-state index contributed by atoms with van der Waals surface area (Å²) in [4.78, 5) is 40.9. The largest absolute Gasteiger partial charge is 0.497 e. The van der Waals surface area contributed by atoms with Gasteiger partial charge in [0.2, 0.25) is 5.91 Å². The summed E-state index contributed by atoms with van der Waals surface area (Å²) in [5.74, 6) is -0.737. The number of carbonyl (C=O) groups is 3. The second-order valence-corrected chi connectivity index (χ2v) is 9.34. The molecule has 1 aromatic heterocycles. The Kier molecular flexibility index (Phi) is 8.44. The van der Waals surface area contributed by atoms with Crippen molar-refractivity contribution in [1.82, 2.24) is 9.69 Å². The lowest BCUT2D eigenvalue weighted by molar-refractivity contribution is -0.123. The number of nitrogens with two attached hydrogens (primary N) is 2. The smallest absolute Gasteiger partial charge is 0.273 e. The number of nitrogen functional groups attached to an aromatic ring is 1. The summed E-state index contributed by atoms with van der Waals surface area (Å²) in [6, 6.07) is 12.4. The van der Waals surface area contributed by atoms with Gasteiger partial charge >= 0.3 is 0 Å². The molecule has 0 spiro atoms. The molecule has 0 aliphatic carbocycles. The molecule has 0 bridgehead atoms. The van der Waals surface area contributed by atoms with Crippen LogP contribution in [-0.4, -0.2) is 55.6 Å². The van der Waals surface area contributed by atoms with Crippen molar-refractivity contribution >= 4 is 40.6 Å². The predicted octanol–water partition coefficient (Wildman–Crippen LogP) is 2.52. The number of hydrogen-bond donors (Lipinski definition) is 3. The van der Waals surface area contributed by atoms with E-state index in [2.05, 4.69) is 9.69 Å². The molecule has 200 valence electrons. The molecule has 4 rings (SSSR count). The molecule has 2 heterocycles. The Labute approximate surface area is 223 Å². The number of aromatic nitrogens is 1. The van der Waals surface area contributed by atoms with Crippen LogP contribution in [0.25, 0.3) is 0 Å². The van der Waals surface area contributed by atoms with Crippen LogP contribution in [0.2, 0.25) is 0 Å². The highest BCUT2D eigenvalue weighted by Gasteiger charge is 2.36. The maximum atomic E-state index is 14.1. The van der Waals surface area contributed by atoms with Gasteiger partial charge in [0.05, 0.1) is 26.0 Å². The highest BCUT2D eigenvalue weighted by molar-refractivity contribution is 7.09. The molecule has 1 fully saturated rings. The Hall–Kier alpha value is -4.16. The van der Waals surface area contributed by atoms with E-state index in [-0.39, 0.29) is 22.4 Å². The molecule has 2 atom stereocenters. The number of anilines is 2. The van der Waals surface area contributed by atoms with Crippen molar-refractivity contribution < 1.29 is 28.6 Å². The van der Waals surface area contributed by atoms with Crippen LogP contribution in [0.15, 0.2) is 48.5 Å². The first kappa shape index (κ1) is 26.9. The summed E-state index contributed by atoms with van der Waals surface area (Å²) in [7, 11) is 3.07. The summed E-state index contributed by atoms with van der Waals surface area (Å²) in [5, 5.41) is 2.94. The van der Waals surface area contributed by atoms with Gasteiger partial charge in [0.25, 0.3) is 11.8 Å². The van der Waals surface area contributed by atoms with Crippen LogP contribution in [0.1, 0.15) is 44.6 Å². The Balaban J connectivity index is 1.80. The Morgan fingerprint density at radius 1 is 1.11 bits per heavy atom. The van der Waals surface area contributed by atoms with Gasteiger partial charge in [0.1, 0.15) is 22.4 Å². The average molecular weight is 540 g/mol. The van der Waals surface area contributed by atoms with E-state index in [1.54, 1.807) is 48.5 Å². The van der Waals surface area contributed by atoms with E-state index in [4.69, 9.17) is 25.7 Å². The lowest BCUT2D eigenvalue weighted by Crippen LogP contribution is -2.45. The molecular formula is C26H29N5O6S. The van der Waals surface area contributed by atoms with Crippen molar-refractivity contribution in [3.63, 3.8) is 0 Å². The first-order chi connectivity index (χ1) is 18.3. The van der Waals surface area contributed by atoms with Crippen molar-refractivity contribution in [2.24, 2.45) is 5.73 Å². The van der Waals surface area contributed by atoms with Crippen LogP contribution in [-0.2, 0) is 9.53 Å². The summed E-state index contributed by atoms with van der Waals surface area (Å²) in [6.07, 6.45) is 1.66. The molecule has 1 aliphatic rings. The second kappa shape index (κ2) is 11.9. The van der Waals surface area contributed by atoms with E-state index in [0.29, 0.717) is 35.9 Å². The van der Waals surface area contributed by atoms with Gasteiger partial charge in [-0.25, -0.2) is 0 Å². The predicted molar refractivity (Wildman–Crippen MR) is 143 cm³/mol. The Bertz CT molecular complexity index is 1290. The molecule has 0 saturated carbocycles. The van der Waals surface area contributed by atoms with Crippen LogP contribution in [0.3, 0.4) is 0 Å². The van der Waals surface area contributed by atoms with Crippen LogP contribution in [0.5, 0.6) is 11.5 Å². The van der Waals surface area contributed by atoms with Crippen molar-refractivity contribution in [2.75, 3.05) is 38.0 Å². The van der Waals surface area contributed by atoms with Crippen LogP contribution < -0.4 is 31.2 Å². The number of amides is 3. The third-order valence-electron chi connectivity index (χ3n) is 6.19. The van der Waals surface area contributed by atoms with E-state index in [1.807, 2.05) is 0 Å². The molecule has 3 amide bonds. The third-order valence-corrected chi connectivity index (χ3v) is 7.04. The first-order valence-corrected chi connectivity index (χ1v) is 12.7. The van der Waals surface area contributed by atoms with Crippen LogP contribution in [0, 0.1) is 0 Å². The van der Waals surface area contributed by atoms with Gasteiger partial charge in [0.15, 0.2) is 5.69 Å². The van der Waals surface area contributed by atoms with Gasteiger partial charge in [-0.2, -0.15) is 4.37 Å². The Morgan fingerprint density at radius 2 is 1.74 bits per heavy atom. The van der Waals surface area contributed by atoms with E-state index in [0.717, 1.165) is 24.4 Å². The maximum Gasteiger partial charge on any atom is 0.273 e. The molecule has 1 aliphatic heterocycles. The van der Waals surface area contributed by atoms with Gasteiger partial charge in [-0.3, -0.25) is 19.3 Å². The quantitative estimate of drug-likeness (QED) is 0.354. The number of ether oxygens (including phenoxy) is 3. The number of hydrogen-bond acceptors (Lipinski definition) is 9. The van der Waals surface area contributed by atoms with Crippen molar-refractivity contribution in [1.29, 1.82) is 0 Å². The van der Waals surface area contributed by atoms with E-state index >= 15 is 0 Å². The zero-order chi connectivity index (χ0) is 27.2. The third kappa shape index (κ3) is 5.71. The molecule has 38 heavy (non-hydrogen) atoms. The Morgan fingerprint density at radius 3 is 2.26 bits per heavy atom. The summed E-state index contributed by atoms with van der Waals surface area (Å²) in [6.45, 7) is 0.941. The first-order valence-electron chi connectivity index (χ1n) is 11.9. The van der Waals surface area contributed by atoms with Crippen molar-refractivity contribution in [2.45, 2.75) is 25.0 Å². The topological polar surface area (TPSA) is 159 Å². The van der Waals surface area contributed by atoms with E-state index < -0.39 is 23.8 Å². The molecule has 0 radical (unpaired) electrons. The summed E-state index contributed by atoms with van der Waals surface area (Å²) in [5.41, 5.74) is 12.1. The zero-order valence-electron chi connectivity index (χ0n) is 21.0. The van der Waals surface area contributed by atoms with Crippen molar-refractivity contribution in [3.05, 3.63) is 64.7 Å². The number of carbonyl (C=O) groups excluding carboxylic acids is 3. The summed E-state index contributed by atoms with van der Waals surface area (Å²) >= 11 is 0.744. The normalized spacial score (nSPS) is 15.5. The fourth-order valence-corrected chi connectivity index (χ4v) is 4.93. The molecular weight excluding hydrogens is 510 g/mol. The van der Waals surface area contributed by atoms with E-state index in [9.17, 15) is 14.4 Å². The van der Waals surface area contributed by atoms with Gasteiger partial charge in [-0.15, -0.1) is 0 Å². The monoisotopic (exact) mass is 539 g/mol. The molecule has 11 nitrogen and oxygen atoms in total. The number of benzene rings is 2. The minimum Gasteiger partial charge on any atom is -0.497 e. The number of rotatable bonds is 10. The van der Waals surface area contributed by atoms with Gasteiger partial charge in [-0.1, -0.05) is 12.1 Å². The number of methoxy groups -OCH3 is 2. The lowest BCUT2D eigenvalue weighted by atomic mass is 10.0. The van der Waals surface area contributed by atoms with Crippen LogP contribution in [0.4, 0.5) is 11.4 Å². The highest BCUT2D eigenvalue weighted by Crippen LogP contribution is 2.34. The minimum absolute atomic E-state index is 0.0138. The zero-order valence-corrected chi connectivity index (χ0v) is 21.8. The van der Waals surface area contributed by atoms with Crippen molar-refractivity contribution in [3.8, 4) is 11.5 Å². The van der Waals surface area contributed by atoms with Gasteiger partial charge in [0, 0.05) is 18.8 Å². The molecule has 12 heteroatoms. The number of nitrogens with one attached hydrogen (secondary N) is 1. The molecule has 2 unspecified atom stereocenters. The average Bonchev–Trinajstić information content (AvgIpc) is 3.60. The molecule has 3 aromatic rings. The lowest BCUT2D eigenvalue weighted by Gasteiger charge is -2.31. The fourth-order valence-electron chi connectivity index (χ4n) is 4.19. The van der Waals surface area contributed by atoms with Gasteiger partial charge < -0.3 is 31.0 Å². The molecule has 2 aromatic carbocycles. The van der Waals surface area contributed by atoms with Gasteiger partial charge in [-0.05, 0) is 66.3 Å². The standard InChI is InChI=1S/C26H29N5O6S/c1-35-17-9-5-15(6-10-17)22(25(33)29-14-19-4-3-13-37-19)31(16-7-11-18(36-2)12-8-16)26(34)23-20(27)21(24(28)32)30-38-23/h5-12,19,22H,3-4,13-14,27H2,1-2H3,(H2,28,32)(H,29,33). The fraction of sp³-hybridized carbons (Fsp3) is 0.308. The molecule has 1 saturated heterocycles. The minimum atomic E-state index is -1.11. The highest BCUT2D eigenvalue weighted by atomic mass is 32.1. The number of nitrogens with zero attached hydrogens (tertiary/aromatic N) is 2. The molecule has 5 N–H and O–H groups in total. The van der Waals surface area contributed by atoms with Crippen LogP contribution >= 0.6 is 11.5 Å². The summed E-state index contributed by atoms with van der Waals surface area (Å²) < 4.78 is 20.2. The van der Waals surface area contributed by atoms with E-state index in [1.165, 1.54) is 19.1 Å². The maximum absolute atomic E-state index is 14.1.